The minimum Gasteiger partial charge on any atom is -0.339 e. The lowest BCUT2D eigenvalue weighted by atomic mass is 9.97. The van der Waals surface area contributed by atoms with Crippen LogP contribution in [0.15, 0.2) is 39.8 Å². The van der Waals surface area contributed by atoms with Gasteiger partial charge in [0.15, 0.2) is 0 Å². The van der Waals surface area contributed by atoms with Gasteiger partial charge in [-0.25, -0.2) is 8.42 Å². The quantitative estimate of drug-likeness (QED) is 0.579. The highest BCUT2D eigenvalue weighted by Crippen LogP contribution is 2.35. The van der Waals surface area contributed by atoms with Gasteiger partial charge in [-0.15, -0.1) is 11.3 Å². The minimum absolute atomic E-state index is 0.0644. The van der Waals surface area contributed by atoms with Crippen molar-refractivity contribution in [2.24, 2.45) is 5.92 Å². The van der Waals surface area contributed by atoms with E-state index in [4.69, 9.17) is 4.52 Å². The van der Waals surface area contributed by atoms with Crippen molar-refractivity contribution < 1.29 is 17.7 Å². The molecule has 0 unspecified atom stereocenters. The molecule has 1 fully saturated rings. The largest absolute Gasteiger partial charge is 0.339 e. The van der Waals surface area contributed by atoms with Gasteiger partial charge in [-0.05, 0) is 50.5 Å². The summed E-state index contributed by atoms with van der Waals surface area (Å²) < 4.78 is 33.2. The van der Waals surface area contributed by atoms with Crippen LogP contribution < -0.4 is 5.32 Å². The Labute approximate surface area is 191 Å². The summed E-state index contributed by atoms with van der Waals surface area (Å²) >= 11 is 1.34. The van der Waals surface area contributed by atoms with Crippen molar-refractivity contribution in [2.45, 2.75) is 44.9 Å². The van der Waals surface area contributed by atoms with Crippen molar-refractivity contribution >= 4 is 33.0 Å². The van der Waals surface area contributed by atoms with Gasteiger partial charge in [0.05, 0.1) is 9.77 Å². The van der Waals surface area contributed by atoms with Gasteiger partial charge in [0.25, 0.3) is 0 Å². The number of nitrogens with zero attached hydrogens (tertiary/aromatic N) is 3. The van der Waals surface area contributed by atoms with Crippen molar-refractivity contribution in [3.8, 4) is 10.7 Å². The number of carbonyl (C=O) groups excluding carboxylic acids is 1. The Morgan fingerprint density at radius 2 is 2.00 bits per heavy atom. The van der Waals surface area contributed by atoms with Crippen molar-refractivity contribution in [3.63, 3.8) is 0 Å². The molecular formula is C22H26N4O4S2. The number of anilines is 1. The molecule has 32 heavy (non-hydrogen) atoms. The van der Waals surface area contributed by atoms with Crippen LogP contribution in [0.5, 0.6) is 0 Å². The van der Waals surface area contributed by atoms with Crippen molar-refractivity contribution in [1.29, 1.82) is 0 Å². The molecule has 170 valence electrons. The molecule has 0 radical (unpaired) electrons. The van der Waals surface area contributed by atoms with E-state index in [1.807, 2.05) is 38.1 Å². The Hall–Kier alpha value is -2.56. The van der Waals surface area contributed by atoms with Crippen LogP contribution in [0.25, 0.3) is 10.7 Å². The van der Waals surface area contributed by atoms with Gasteiger partial charge in [-0.3, -0.25) is 4.79 Å². The number of hydrogen-bond acceptors (Lipinski definition) is 7. The van der Waals surface area contributed by atoms with E-state index in [1.54, 1.807) is 13.0 Å². The Morgan fingerprint density at radius 3 is 2.66 bits per heavy atom. The van der Waals surface area contributed by atoms with Gasteiger partial charge in [0.1, 0.15) is 0 Å². The molecule has 10 heteroatoms. The van der Waals surface area contributed by atoms with Gasteiger partial charge >= 0.3 is 0 Å². The normalized spacial score (nSPS) is 15.7. The molecule has 0 aliphatic carbocycles. The molecule has 1 aromatic carbocycles. The number of amides is 1. The number of aromatic nitrogens is 2. The number of thiophene rings is 1. The SMILES string of the molecule is CCc1nc(-c2cc(S(=O)(=O)N3CCC(C(=O)Nc4cccc(C)c4)CC3)c(C)s2)no1. The number of benzene rings is 1. The standard InChI is InChI=1S/C22H26N4O4S2/c1-4-20-24-21(25-30-20)18-13-19(15(3)31-18)32(28,29)26-10-8-16(9-11-26)22(27)23-17-7-5-6-14(2)12-17/h5-7,12-13,16H,4,8-11H2,1-3H3,(H,23,27). The molecule has 3 heterocycles. The third-order valence-electron chi connectivity index (χ3n) is 5.59. The minimum atomic E-state index is -3.67. The summed E-state index contributed by atoms with van der Waals surface area (Å²) in [5.74, 6) is 0.641. The van der Waals surface area contributed by atoms with Crippen LogP contribution in [0.4, 0.5) is 5.69 Å². The zero-order chi connectivity index (χ0) is 22.9. The van der Waals surface area contributed by atoms with Crippen LogP contribution >= 0.6 is 11.3 Å². The van der Waals surface area contributed by atoms with Gasteiger partial charge in [-0.1, -0.05) is 24.2 Å². The number of sulfonamides is 1. The Kier molecular flexibility index (Phi) is 6.45. The second-order valence-electron chi connectivity index (χ2n) is 7.93. The lowest BCUT2D eigenvalue weighted by Crippen LogP contribution is -2.41. The molecule has 0 saturated carbocycles. The molecule has 1 amide bonds. The highest BCUT2D eigenvalue weighted by atomic mass is 32.2. The van der Waals surface area contributed by atoms with Gasteiger partial charge < -0.3 is 9.84 Å². The van der Waals surface area contributed by atoms with E-state index in [1.165, 1.54) is 15.6 Å². The Balaban J connectivity index is 1.43. The van der Waals surface area contributed by atoms with E-state index in [0.717, 1.165) is 11.3 Å². The summed E-state index contributed by atoms with van der Waals surface area (Å²) in [5, 5.41) is 6.89. The monoisotopic (exact) mass is 474 g/mol. The second kappa shape index (κ2) is 9.13. The third kappa shape index (κ3) is 4.62. The van der Waals surface area contributed by atoms with Crippen molar-refractivity contribution in [2.75, 3.05) is 18.4 Å². The first kappa shape index (κ1) is 22.6. The maximum atomic E-state index is 13.3. The van der Waals surface area contributed by atoms with Crippen molar-refractivity contribution in [3.05, 3.63) is 46.7 Å². The number of aryl methyl sites for hydroxylation is 3. The van der Waals surface area contributed by atoms with Crippen LogP contribution in [-0.4, -0.2) is 41.9 Å². The lowest BCUT2D eigenvalue weighted by molar-refractivity contribution is -0.120. The summed E-state index contributed by atoms with van der Waals surface area (Å²) in [7, 11) is -3.67. The summed E-state index contributed by atoms with van der Waals surface area (Å²) in [4.78, 5) is 18.6. The number of rotatable bonds is 6. The maximum absolute atomic E-state index is 13.3. The van der Waals surface area contributed by atoms with Crippen LogP contribution in [0.2, 0.25) is 0 Å². The number of piperidine rings is 1. The average Bonchev–Trinajstić information content (AvgIpc) is 3.40. The summed E-state index contributed by atoms with van der Waals surface area (Å²) in [6.07, 6.45) is 1.59. The summed E-state index contributed by atoms with van der Waals surface area (Å²) in [6, 6.07) is 9.26. The third-order valence-corrected chi connectivity index (χ3v) is 8.79. The van der Waals surface area contributed by atoms with Crippen LogP contribution in [-0.2, 0) is 21.2 Å². The fourth-order valence-corrected chi connectivity index (χ4v) is 6.75. The average molecular weight is 475 g/mol. The fraction of sp³-hybridized carbons (Fsp3) is 0.409. The molecule has 1 aliphatic rings. The van der Waals surface area contributed by atoms with E-state index in [-0.39, 0.29) is 16.7 Å². The highest BCUT2D eigenvalue weighted by molar-refractivity contribution is 7.89. The van der Waals surface area contributed by atoms with E-state index >= 15 is 0 Å². The predicted octanol–water partition coefficient (Wildman–Crippen LogP) is 4.02. The smallest absolute Gasteiger partial charge is 0.244 e. The Bertz CT molecular complexity index is 1220. The molecule has 0 spiro atoms. The van der Waals surface area contributed by atoms with Gasteiger partial charge in [0, 0.05) is 36.0 Å². The van der Waals surface area contributed by atoms with Gasteiger partial charge in [0.2, 0.25) is 27.6 Å². The first-order valence-corrected chi connectivity index (χ1v) is 12.8. The molecule has 2 aromatic heterocycles. The van der Waals surface area contributed by atoms with E-state index in [2.05, 4.69) is 15.5 Å². The Morgan fingerprint density at radius 1 is 1.25 bits per heavy atom. The predicted molar refractivity (Wildman–Crippen MR) is 123 cm³/mol. The van der Waals surface area contributed by atoms with E-state index in [9.17, 15) is 13.2 Å². The molecule has 0 atom stereocenters. The first-order chi connectivity index (χ1) is 15.3. The van der Waals surface area contributed by atoms with E-state index < -0.39 is 10.0 Å². The molecule has 0 bridgehead atoms. The highest BCUT2D eigenvalue weighted by Gasteiger charge is 2.34. The molecule has 8 nitrogen and oxygen atoms in total. The number of nitrogens with one attached hydrogen (secondary N) is 1. The van der Waals surface area contributed by atoms with Crippen LogP contribution in [0, 0.1) is 19.8 Å². The van der Waals surface area contributed by atoms with Gasteiger partial charge in [-0.2, -0.15) is 9.29 Å². The topological polar surface area (TPSA) is 105 Å². The maximum Gasteiger partial charge on any atom is 0.244 e. The zero-order valence-electron chi connectivity index (χ0n) is 18.3. The molecular weight excluding hydrogens is 448 g/mol. The molecule has 1 aliphatic heterocycles. The summed E-state index contributed by atoms with van der Waals surface area (Å²) in [5.41, 5.74) is 1.83. The first-order valence-electron chi connectivity index (χ1n) is 10.6. The number of carbonyl (C=O) groups is 1. The van der Waals surface area contributed by atoms with Crippen LogP contribution in [0.3, 0.4) is 0 Å². The van der Waals surface area contributed by atoms with Crippen LogP contribution in [0.1, 0.15) is 36.1 Å². The number of hydrogen-bond donors (Lipinski definition) is 1. The molecule has 1 saturated heterocycles. The molecule has 3 aromatic rings. The molecule has 1 N–H and O–H groups in total. The summed E-state index contributed by atoms with van der Waals surface area (Å²) in [6.45, 7) is 6.28. The second-order valence-corrected chi connectivity index (χ2v) is 11.1. The zero-order valence-corrected chi connectivity index (χ0v) is 19.9. The van der Waals surface area contributed by atoms with Crippen molar-refractivity contribution in [1.82, 2.24) is 14.4 Å². The lowest BCUT2D eigenvalue weighted by Gasteiger charge is -2.30. The van der Waals surface area contributed by atoms with E-state index in [0.29, 0.717) is 53.8 Å². The molecule has 4 rings (SSSR count). The fourth-order valence-electron chi connectivity index (χ4n) is 3.79.